The molecule has 3 unspecified atom stereocenters. The Morgan fingerprint density at radius 3 is 0.762 bits per heavy atom. The van der Waals surface area contributed by atoms with Crippen molar-refractivity contribution in [1.29, 1.82) is 0 Å². The summed E-state index contributed by atoms with van der Waals surface area (Å²) in [6, 6.07) is -0.654. The van der Waals surface area contributed by atoms with Gasteiger partial charge >= 0.3 is 0 Å². The van der Waals surface area contributed by atoms with E-state index < -0.39 is 18.2 Å². The number of nitrogens with one attached hydrogen (secondary N) is 1. The second-order valence-electron chi connectivity index (χ2n) is 20.6. The number of aliphatic hydroxyl groups is 3. The van der Waals surface area contributed by atoms with Crippen LogP contribution in [-0.2, 0) is 4.79 Å². The van der Waals surface area contributed by atoms with Crippen molar-refractivity contribution in [2.24, 2.45) is 0 Å². The molecule has 0 aromatic carbocycles. The molecular weight excluding hydrogens is 775 g/mol. The molecule has 0 saturated heterocycles. The molecule has 63 heavy (non-hydrogen) atoms. The zero-order valence-corrected chi connectivity index (χ0v) is 43.3. The Hall–Kier alpha value is -0.650. The van der Waals surface area contributed by atoms with E-state index in [4.69, 9.17) is 0 Å². The van der Waals surface area contributed by atoms with Crippen LogP contribution in [0.3, 0.4) is 0 Å². The van der Waals surface area contributed by atoms with Crippen LogP contribution in [-0.4, -0.2) is 46.1 Å². The zero-order chi connectivity index (χ0) is 45.8. The summed E-state index contributed by atoms with van der Waals surface area (Å²) in [4.78, 5) is 12.6. The number of amides is 1. The number of hydrogen-bond donors (Lipinski definition) is 4. The van der Waals surface area contributed by atoms with Crippen LogP contribution >= 0.6 is 0 Å². The molecule has 5 nitrogen and oxygen atoms in total. The van der Waals surface area contributed by atoms with Gasteiger partial charge in [-0.05, 0) is 12.8 Å². The van der Waals surface area contributed by atoms with E-state index in [0.717, 1.165) is 25.7 Å². The van der Waals surface area contributed by atoms with Crippen molar-refractivity contribution in [2.75, 3.05) is 6.61 Å². The molecule has 0 heterocycles. The molecule has 0 aliphatic rings. The van der Waals surface area contributed by atoms with E-state index in [2.05, 4.69) is 19.2 Å². The lowest BCUT2D eigenvalue weighted by Gasteiger charge is -2.23. The minimum absolute atomic E-state index is 0.0437. The first-order valence-electron chi connectivity index (χ1n) is 29.3. The summed E-state index contributed by atoms with van der Waals surface area (Å²) in [5.74, 6) is -0.274. The molecule has 4 N–H and O–H groups in total. The molecule has 5 heteroatoms. The van der Waals surface area contributed by atoms with Gasteiger partial charge in [0.2, 0.25) is 5.91 Å². The third-order valence-electron chi connectivity index (χ3n) is 14.2. The highest BCUT2D eigenvalue weighted by molar-refractivity contribution is 5.76. The monoisotopic (exact) mass is 892 g/mol. The van der Waals surface area contributed by atoms with Crippen LogP contribution in [0, 0.1) is 0 Å². The molecule has 0 aromatic rings. The third-order valence-corrected chi connectivity index (χ3v) is 14.2. The van der Waals surface area contributed by atoms with E-state index in [1.165, 1.54) is 283 Å². The Kier molecular flexibility index (Phi) is 53.4. The molecule has 0 aromatic heterocycles. The highest BCUT2D eigenvalue weighted by atomic mass is 16.3. The van der Waals surface area contributed by atoms with Gasteiger partial charge in [-0.15, -0.1) is 0 Å². The largest absolute Gasteiger partial charge is 0.394 e. The van der Waals surface area contributed by atoms with Gasteiger partial charge in [0.05, 0.1) is 31.3 Å². The normalized spacial score (nSPS) is 13.2. The first-order valence-corrected chi connectivity index (χ1v) is 29.3. The molecule has 0 radical (unpaired) electrons. The minimum atomic E-state index is -0.746. The molecule has 0 rings (SSSR count). The van der Waals surface area contributed by atoms with E-state index in [0.29, 0.717) is 12.8 Å². The molecule has 0 saturated carbocycles. The maximum Gasteiger partial charge on any atom is 0.222 e. The highest BCUT2D eigenvalue weighted by Gasteiger charge is 2.21. The summed E-state index contributed by atoms with van der Waals surface area (Å²) in [5, 5.41) is 33.7. The molecular formula is C58H117NO4. The first kappa shape index (κ1) is 62.4. The van der Waals surface area contributed by atoms with Gasteiger partial charge in [-0.25, -0.2) is 0 Å². The van der Waals surface area contributed by atoms with Crippen LogP contribution in [0.1, 0.15) is 341 Å². The van der Waals surface area contributed by atoms with Gasteiger partial charge in [-0.1, -0.05) is 322 Å². The van der Waals surface area contributed by atoms with Crippen molar-refractivity contribution in [2.45, 2.75) is 360 Å². The topological polar surface area (TPSA) is 89.8 Å². The Labute approximate surface area is 396 Å². The van der Waals surface area contributed by atoms with Crippen molar-refractivity contribution >= 4 is 5.91 Å². The van der Waals surface area contributed by atoms with Crippen molar-refractivity contribution in [1.82, 2.24) is 5.32 Å². The fourth-order valence-electron chi connectivity index (χ4n) is 9.70. The van der Waals surface area contributed by atoms with Crippen molar-refractivity contribution in [3.05, 3.63) is 0 Å². The minimum Gasteiger partial charge on any atom is -0.394 e. The Balaban J connectivity index is 3.48. The summed E-state index contributed by atoms with van der Waals surface area (Å²) in [5.41, 5.74) is 0. The standard InChI is InChI=1S/C58H117NO4/c1-3-5-7-9-11-13-15-17-19-21-23-25-27-28-30-31-33-35-37-39-41-43-45-47-49-51-55(61)53-58(63)59-56(54-60)57(62)52-50-48-46-44-42-40-38-36-34-32-29-26-24-22-20-18-16-14-12-10-8-6-4-2/h55-57,60-62H,3-54H2,1-2H3,(H,59,63). The van der Waals surface area contributed by atoms with Gasteiger partial charge < -0.3 is 20.6 Å². The van der Waals surface area contributed by atoms with Crippen molar-refractivity contribution < 1.29 is 20.1 Å². The van der Waals surface area contributed by atoms with Crippen molar-refractivity contribution in [3.63, 3.8) is 0 Å². The van der Waals surface area contributed by atoms with Crippen molar-refractivity contribution in [3.8, 4) is 0 Å². The van der Waals surface area contributed by atoms with E-state index in [1.807, 2.05) is 0 Å². The summed E-state index contributed by atoms with van der Waals surface area (Å²) in [7, 11) is 0. The predicted molar refractivity (Wildman–Crippen MR) is 278 cm³/mol. The van der Waals surface area contributed by atoms with Crippen LogP contribution in [0.2, 0.25) is 0 Å². The molecule has 0 fully saturated rings. The van der Waals surface area contributed by atoms with Gasteiger partial charge in [0.15, 0.2) is 0 Å². The van der Waals surface area contributed by atoms with Crippen LogP contribution in [0.15, 0.2) is 0 Å². The van der Waals surface area contributed by atoms with Gasteiger partial charge in [0.25, 0.3) is 0 Å². The SMILES string of the molecule is CCCCCCCCCCCCCCCCCCCCCCCCCCCC(O)CC(=O)NC(CO)C(O)CCCCCCCCCCCCCCCCCCCCCCCCC. The Morgan fingerprint density at radius 1 is 0.333 bits per heavy atom. The number of carbonyl (C=O) groups excluding carboxylic acids is 1. The Bertz CT molecular complexity index is 853. The zero-order valence-electron chi connectivity index (χ0n) is 43.3. The smallest absolute Gasteiger partial charge is 0.222 e. The molecule has 0 spiro atoms. The Morgan fingerprint density at radius 2 is 0.540 bits per heavy atom. The number of unbranched alkanes of at least 4 members (excludes halogenated alkanes) is 46. The third kappa shape index (κ3) is 50.6. The van der Waals surface area contributed by atoms with Gasteiger partial charge in [-0.3, -0.25) is 4.79 Å². The lowest BCUT2D eigenvalue weighted by Crippen LogP contribution is -2.46. The highest BCUT2D eigenvalue weighted by Crippen LogP contribution is 2.19. The molecule has 0 aliphatic carbocycles. The second-order valence-corrected chi connectivity index (χ2v) is 20.6. The fourth-order valence-corrected chi connectivity index (χ4v) is 9.70. The fraction of sp³-hybridized carbons (Fsp3) is 0.983. The number of aliphatic hydroxyl groups excluding tert-OH is 3. The van der Waals surface area contributed by atoms with Crippen LogP contribution in [0.4, 0.5) is 0 Å². The van der Waals surface area contributed by atoms with Crippen LogP contribution in [0.25, 0.3) is 0 Å². The lowest BCUT2D eigenvalue weighted by molar-refractivity contribution is -0.125. The molecule has 3 atom stereocenters. The molecule has 0 aliphatic heterocycles. The van der Waals surface area contributed by atoms with Crippen LogP contribution in [0.5, 0.6) is 0 Å². The summed E-state index contributed by atoms with van der Waals surface area (Å²) in [6.45, 7) is 4.31. The van der Waals surface area contributed by atoms with E-state index in [-0.39, 0.29) is 18.9 Å². The lowest BCUT2D eigenvalue weighted by atomic mass is 10.0. The van der Waals surface area contributed by atoms with E-state index >= 15 is 0 Å². The molecule has 0 bridgehead atoms. The average Bonchev–Trinajstić information content (AvgIpc) is 3.28. The van der Waals surface area contributed by atoms with Gasteiger partial charge in [-0.2, -0.15) is 0 Å². The van der Waals surface area contributed by atoms with E-state index in [9.17, 15) is 20.1 Å². The number of hydrogen-bond acceptors (Lipinski definition) is 4. The van der Waals surface area contributed by atoms with Gasteiger partial charge in [0.1, 0.15) is 0 Å². The summed E-state index contributed by atoms with van der Waals surface area (Å²) < 4.78 is 0. The van der Waals surface area contributed by atoms with Crippen LogP contribution < -0.4 is 5.32 Å². The summed E-state index contributed by atoms with van der Waals surface area (Å²) in [6.07, 6.45) is 65.5. The second kappa shape index (κ2) is 54.0. The van der Waals surface area contributed by atoms with Gasteiger partial charge in [0, 0.05) is 0 Å². The maximum absolute atomic E-state index is 12.6. The molecule has 1 amide bonds. The quantitative estimate of drug-likeness (QED) is 0.0458. The number of rotatable bonds is 55. The van der Waals surface area contributed by atoms with E-state index in [1.54, 1.807) is 0 Å². The number of carbonyl (C=O) groups is 1. The summed E-state index contributed by atoms with van der Waals surface area (Å²) >= 11 is 0. The first-order chi connectivity index (χ1) is 31.0. The average molecular weight is 893 g/mol. The predicted octanol–water partition coefficient (Wildman–Crippen LogP) is 18.1. The maximum atomic E-state index is 12.6. The molecule has 378 valence electrons.